The molecule has 0 saturated carbocycles. The van der Waals surface area contributed by atoms with Crippen LogP contribution in [0.3, 0.4) is 0 Å². The Labute approximate surface area is 119 Å². The lowest BCUT2D eigenvalue weighted by Crippen LogP contribution is -2.47. The number of carbonyl (C=O) groups is 1. The van der Waals surface area contributed by atoms with E-state index in [9.17, 15) is 9.18 Å². The molecule has 4 nitrogen and oxygen atoms in total. The summed E-state index contributed by atoms with van der Waals surface area (Å²) in [6.45, 7) is 3.95. The summed E-state index contributed by atoms with van der Waals surface area (Å²) in [7, 11) is 1.65. The van der Waals surface area contributed by atoms with Crippen molar-refractivity contribution in [2.75, 3.05) is 13.7 Å². The van der Waals surface area contributed by atoms with Crippen LogP contribution in [-0.2, 0) is 4.79 Å². The molecule has 0 aliphatic carbocycles. The van der Waals surface area contributed by atoms with E-state index in [0.717, 1.165) is 18.4 Å². The number of likely N-dealkylation sites (N-methyl/N-ethyl adjacent to an activating group) is 1. The van der Waals surface area contributed by atoms with E-state index in [-0.39, 0.29) is 5.82 Å². The van der Waals surface area contributed by atoms with E-state index in [1.807, 2.05) is 0 Å². The van der Waals surface area contributed by atoms with E-state index in [1.165, 1.54) is 12.1 Å². The van der Waals surface area contributed by atoms with Gasteiger partial charge in [0.15, 0.2) is 0 Å². The number of carboxylic acids is 1. The van der Waals surface area contributed by atoms with Crippen molar-refractivity contribution in [1.82, 2.24) is 5.32 Å². The molecule has 20 heavy (non-hydrogen) atoms. The standard InChI is InChI=1S/C15H22FNO3/c1-11-10-12(16)6-7-13(11)20-9-5-4-8-15(2,17-3)14(18)19/h6-7,10,17H,4-5,8-9H2,1-3H3,(H,18,19). The number of benzene rings is 1. The lowest BCUT2D eigenvalue weighted by molar-refractivity contribution is -0.144. The van der Waals surface area contributed by atoms with Gasteiger partial charge in [-0.05, 0) is 63.9 Å². The maximum Gasteiger partial charge on any atom is 0.323 e. The normalized spacial score (nSPS) is 13.8. The van der Waals surface area contributed by atoms with Crippen molar-refractivity contribution in [2.45, 2.75) is 38.6 Å². The molecule has 1 aromatic carbocycles. The van der Waals surface area contributed by atoms with E-state index in [4.69, 9.17) is 9.84 Å². The summed E-state index contributed by atoms with van der Waals surface area (Å²) in [5.74, 6) is -0.461. The summed E-state index contributed by atoms with van der Waals surface area (Å²) in [6.07, 6.45) is 2.02. The van der Waals surface area contributed by atoms with Gasteiger partial charge in [0, 0.05) is 0 Å². The second-order valence-electron chi connectivity index (χ2n) is 5.10. The van der Waals surface area contributed by atoms with Gasteiger partial charge in [-0.1, -0.05) is 0 Å². The summed E-state index contributed by atoms with van der Waals surface area (Å²) in [5.41, 5.74) is -0.137. The minimum Gasteiger partial charge on any atom is -0.493 e. The maximum absolute atomic E-state index is 12.9. The van der Waals surface area contributed by atoms with Gasteiger partial charge in [-0.3, -0.25) is 4.79 Å². The Kier molecular flexibility index (Phi) is 5.95. The lowest BCUT2D eigenvalue weighted by atomic mass is 9.95. The van der Waals surface area contributed by atoms with Gasteiger partial charge >= 0.3 is 5.97 Å². The van der Waals surface area contributed by atoms with Crippen LogP contribution in [0.5, 0.6) is 5.75 Å². The fraction of sp³-hybridized carbons (Fsp3) is 0.533. The van der Waals surface area contributed by atoms with Crippen molar-refractivity contribution in [3.8, 4) is 5.75 Å². The number of hydrogen-bond acceptors (Lipinski definition) is 3. The van der Waals surface area contributed by atoms with E-state index in [0.29, 0.717) is 18.8 Å². The van der Waals surface area contributed by atoms with Crippen molar-refractivity contribution in [3.05, 3.63) is 29.6 Å². The van der Waals surface area contributed by atoms with E-state index in [2.05, 4.69) is 5.32 Å². The molecule has 0 aliphatic rings. The first-order valence-electron chi connectivity index (χ1n) is 6.70. The number of aryl methyl sites for hydroxylation is 1. The van der Waals surface area contributed by atoms with Crippen LogP contribution in [-0.4, -0.2) is 30.3 Å². The smallest absolute Gasteiger partial charge is 0.323 e. The van der Waals surface area contributed by atoms with Crippen molar-refractivity contribution >= 4 is 5.97 Å². The highest BCUT2D eigenvalue weighted by Gasteiger charge is 2.30. The van der Waals surface area contributed by atoms with Gasteiger partial charge in [-0.25, -0.2) is 4.39 Å². The molecule has 0 amide bonds. The van der Waals surface area contributed by atoms with Crippen molar-refractivity contribution in [3.63, 3.8) is 0 Å². The molecule has 0 spiro atoms. The first-order chi connectivity index (χ1) is 9.39. The Morgan fingerprint density at radius 3 is 2.70 bits per heavy atom. The largest absolute Gasteiger partial charge is 0.493 e. The zero-order valence-electron chi connectivity index (χ0n) is 12.2. The molecule has 1 rings (SSSR count). The average molecular weight is 283 g/mol. The number of hydrogen-bond donors (Lipinski definition) is 2. The predicted molar refractivity (Wildman–Crippen MR) is 75.6 cm³/mol. The Bertz CT molecular complexity index is 464. The summed E-state index contributed by atoms with van der Waals surface area (Å²) in [6, 6.07) is 4.41. The molecule has 1 unspecified atom stereocenters. The van der Waals surface area contributed by atoms with Gasteiger partial charge in [-0.15, -0.1) is 0 Å². The molecule has 0 aliphatic heterocycles. The van der Waals surface area contributed by atoms with E-state index >= 15 is 0 Å². The van der Waals surface area contributed by atoms with Crippen LogP contribution in [0.2, 0.25) is 0 Å². The predicted octanol–water partition coefficient (Wildman–Crippen LogP) is 2.75. The fourth-order valence-corrected chi connectivity index (χ4v) is 1.88. The minimum absolute atomic E-state index is 0.277. The number of carboxylic acid groups (broad SMARTS) is 1. The highest BCUT2D eigenvalue weighted by Crippen LogP contribution is 2.19. The summed E-state index contributed by atoms with van der Waals surface area (Å²) in [4.78, 5) is 11.1. The maximum atomic E-state index is 12.9. The topological polar surface area (TPSA) is 58.6 Å². The van der Waals surface area contributed by atoms with E-state index < -0.39 is 11.5 Å². The third kappa shape index (κ3) is 4.49. The zero-order valence-corrected chi connectivity index (χ0v) is 12.2. The highest BCUT2D eigenvalue weighted by atomic mass is 19.1. The van der Waals surface area contributed by atoms with Gasteiger partial charge in [-0.2, -0.15) is 0 Å². The summed E-state index contributed by atoms with van der Waals surface area (Å²) >= 11 is 0. The highest BCUT2D eigenvalue weighted by molar-refractivity contribution is 5.78. The van der Waals surface area contributed by atoms with Crippen LogP contribution in [0.1, 0.15) is 31.7 Å². The Balaban J connectivity index is 2.33. The van der Waals surface area contributed by atoms with Gasteiger partial charge in [0.2, 0.25) is 0 Å². The first kappa shape index (κ1) is 16.4. The second kappa shape index (κ2) is 7.24. The molecule has 1 atom stereocenters. The monoisotopic (exact) mass is 283 g/mol. The first-order valence-corrected chi connectivity index (χ1v) is 6.70. The zero-order chi connectivity index (χ0) is 15.2. The Hall–Kier alpha value is -1.62. The molecule has 0 heterocycles. The van der Waals surface area contributed by atoms with Crippen LogP contribution in [0.15, 0.2) is 18.2 Å². The minimum atomic E-state index is -0.897. The fourth-order valence-electron chi connectivity index (χ4n) is 1.88. The molecule has 0 radical (unpaired) electrons. The molecular formula is C15H22FNO3. The lowest BCUT2D eigenvalue weighted by Gasteiger charge is -2.23. The second-order valence-corrected chi connectivity index (χ2v) is 5.10. The van der Waals surface area contributed by atoms with Gasteiger partial charge in [0.1, 0.15) is 17.1 Å². The molecule has 5 heteroatoms. The van der Waals surface area contributed by atoms with Crippen LogP contribution >= 0.6 is 0 Å². The summed E-state index contributed by atoms with van der Waals surface area (Å²) in [5, 5.41) is 11.9. The number of halogens is 1. The molecule has 112 valence electrons. The van der Waals surface area contributed by atoms with Gasteiger partial charge < -0.3 is 15.2 Å². The molecule has 0 saturated heterocycles. The average Bonchev–Trinajstić information content (AvgIpc) is 2.40. The molecule has 1 aromatic rings. The number of rotatable bonds is 8. The number of ether oxygens (including phenoxy) is 1. The van der Waals surface area contributed by atoms with E-state index in [1.54, 1.807) is 27.0 Å². The van der Waals surface area contributed by atoms with Crippen molar-refractivity contribution in [1.29, 1.82) is 0 Å². The van der Waals surface area contributed by atoms with Crippen molar-refractivity contribution < 1.29 is 19.0 Å². The molecule has 2 N–H and O–H groups in total. The molecule has 0 aromatic heterocycles. The van der Waals surface area contributed by atoms with Crippen LogP contribution in [0.25, 0.3) is 0 Å². The van der Waals surface area contributed by atoms with Crippen LogP contribution in [0.4, 0.5) is 4.39 Å². The SMILES string of the molecule is CNC(C)(CCCCOc1ccc(F)cc1C)C(=O)O. The van der Waals surface area contributed by atoms with Gasteiger partial charge in [0.05, 0.1) is 6.61 Å². The summed E-state index contributed by atoms with van der Waals surface area (Å²) < 4.78 is 18.5. The van der Waals surface area contributed by atoms with Gasteiger partial charge in [0.25, 0.3) is 0 Å². The number of nitrogens with one attached hydrogen (secondary N) is 1. The molecule has 0 bridgehead atoms. The van der Waals surface area contributed by atoms with Crippen molar-refractivity contribution in [2.24, 2.45) is 0 Å². The number of aliphatic carboxylic acids is 1. The Morgan fingerprint density at radius 1 is 1.45 bits per heavy atom. The number of unbranched alkanes of at least 4 members (excludes halogenated alkanes) is 1. The van der Waals surface area contributed by atoms with Crippen LogP contribution in [0, 0.1) is 12.7 Å². The van der Waals surface area contributed by atoms with Crippen LogP contribution < -0.4 is 10.1 Å². The third-order valence-electron chi connectivity index (χ3n) is 3.49. The Morgan fingerprint density at radius 2 is 2.15 bits per heavy atom. The molecule has 0 fully saturated rings. The quantitative estimate of drug-likeness (QED) is 0.720. The molecular weight excluding hydrogens is 261 g/mol. The third-order valence-corrected chi connectivity index (χ3v) is 3.49.